The van der Waals surface area contributed by atoms with Gasteiger partial charge in [-0.15, -0.1) is 0 Å². The maximum absolute atomic E-state index is 11.1. The Morgan fingerprint density at radius 2 is 2.05 bits per heavy atom. The molecule has 0 saturated carbocycles. The first kappa shape index (κ1) is 16.9. The number of nitrogens with zero attached hydrogens (tertiary/aromatic N) is 4. The minimum Gasteiger partial charge on any atom is -0.363 e. The van der Waals surface area contributed by atoms with Crippen LogP contribution in [0.2, 0.25) is 0 Å². The van der Waals surface area contributed by atoms with Gasteiger partial charge in [-0.1, -0.05) is 0 Å². The number of anilines is 1. The highest BCUT2D eigenvalue weighted by molar-refractivity contribution is 5.63. The van der Waals surface area contributed by atoms with Crippen molar-refractivity contribution in [2.75, 3.05) is 18.4 Å². The molecule has 7 nitrogen and oxygen atoms in total. The lowest BCUT2D eigenvalue weighted by Crippen LogP contribution is -2.40. The molecule has 21 heavy (non-hydrogen) atoms. The summed E-state index contributed by atoms with van der Waals surface area (Å²) in [7, 11) is 0. The van der Waals surface area contributed by atoms with Gasteiger partial charge >= 0.3 is 5.69 Å². The van der Waals surface area contributed by atoms with Crippen molar-refractivity contribution in [2.24, 2.45) is 0 Å². The molecular weight excluding hydrogens is 270 g/mol. The second-order valence-corrected chi connectivity index (χ2v) is 5.28. The molecule has 0 aliphatic carbocycles. The van der Waals surface area contributed by atoms with Gasteiger partial charge in [-0.05, 0) is 33.8 Å². The van der Waals surface area contributed by atoms with Gasteiger partial charge in [0, 0.05) is 31.4 Å². The minimum atomic E-state index is -0.573. The van der Waals surface area contributed by atoms with E-state index < -0.39 is 4.92 Å². The normalized spacial score (nSPS) is 11.0. The van der Waals surface area contributed by atoms with Gasteiger partial charge in [-0.25, -0.2) is 4.98 Å². The Bertz CT molecular complexity index is 529. The molecule has 1 heterocycles. The molecule has 0 aliphatic heterocycles. The van der Waals surface area contributed by atoms with Crippen LogP contribution in [0.4, 0.5) is 11.5 Å². The maximum Gasteiger partial charge on any atom is 0.328 e. The highest BCUT2D eigenvalue weighted by Gasteiger charge is 2.21. The number of rotatable bonds is 7. The van der Waals surface area contributed by atoms with Gasteiger partial charge in [0.15, 0.2) is 0 Å². The zero-order valence-corrected chi connectivity index (χ0v) is 12.8. The molecule has 7 heteroatoms. The molecule has 1 aromatic rings. The van der Waals surface area contributed by atoms with E-state index in [0.717, 1.165) is 6.54 Å². The molecule has 0 spiro atoms. The fourth-order valence-corrected chi connectivity index (χ4v) is 2.27. The Morgan fingerprint density at radius 3 is 2.52 bits per heavy atom. The van der Waals surface area contributed by atoms with Crippen LogP contribution in [0.3, 0.4) is 0 Å². The molecule has 1 N–H and O–H groups in total. The highest BCUT2D eigenvalue weighted by atomic mass is 16.6. The van der Waals surface area contributed by atoms with Gasteiger partial charge < -0.3 is 5.32 Å². The highest BCUT2D eigenvalue weighted by Crippen LogP contribution is 2.25. The van der Waals surface area contributed by atoms with E-state index in [1.165, 1.54) is 12.3 Å². The predicted molar refractivity (Wildman–Crippen MR) is 81.1 cm³/mol. The lowest BCUT2D eigenvalue weighted by Gasteiger charge is -2.30. The smallest absolute Gasteiger partial charge is 0.328 e. The Morgan fingerprint density at radius 1 is 1.43 bits per heavy atom. The molecule has 1 aromatic heterocycles. The SMILES string of the molecule is CC(C)N(CCNc1nccc(C#N)c1[N+](=O)[O-])C(C)C. The zero-order chi connectivity index (χ0) is 16.0. The Kier molecular flexibility index (Phi) is 6.06. The summed E-state index contributed by atoms with van der Waals surface area (Å²) in [6.45, 7) is 9.70. The largest absolute Gasteiger partial charge is 0.363 e. The summed E-state index contributed by atoms with van der Waals surface area (Å²) in [6, 6.07) is 3.94. The second kappa shape index (κ2) is 7.55. The molecule has 0 aliphatic rings. The van der Waals surface area contributed by atoms with Gasteiger partial charge in [0.2, 0.25) is 5.82 Å². The zero-order valence-electron chi connectivity index (χ0n) is 12.8. The number of aromatic nitrogens is 1. The van der Waals surface area contributed by atoms with Crippen LogP contribution in [-0.2, 0) is 0 Å². The fraction of sp³-hybridized carbons (Fsp3) is 0.571. The third kappa shape index (κ3) is 4.39. The van der Waals surface area contributed by atoms with Crippen LogP contribution in [-0.4, -0.2) is 40.0 Å². The van der Waals surface area contributed by atoms with Crippen molar-refractivity contribution in [3.8, 4) is 6.07 Å². The fourth-order valence-electron chi connectivity index (χ4n) is 2.27. The molecular formula is C14H21N5O2. The van der Waals surface area contributed by atoms with Crippen LogP contribution in [0.15, 0.2) is 12.3 Å². The Hall–Kier alpha value is -2.20. The average Bonchev–Trinajstić information content (AvgIpc) is 2.41. The number of nitro groups is 1. The van der Waals surface area contributed by atoms with Crippen molar-refractivity contribution in [1.82, 2.24) is 9.88 Å². The van der Waals surface area contributed by atoms with Crippen LogP contribution in [0, 0.1) is 21.4 Å². The summed E-state index contributed by atoms with van der Waals surface area (Å²) >= 11 is 0. The topological polar surface area (TPSA) is 95.1 Å². The molecule has 114 valence electrons. The lowest BCUT2D eigenvalue weighted by molar-refractivity contribution is -0.384. The summed E-state index contributed by atoms with van der Waals surface area (Å²) in [4.78, 5) is 16.7. The summed E-state index contributed by atoms with van der Waals surface area (Å²) in [5, 5.41) is 23.0. The van der Waals surface area contributed by atoms with E-state index in [2.05, 4.69) is 42.9 Å². The molecule has 1 rings (SSSR count). The molecule has 0 amide bonds. The number of pyridine rings is 1. The van der Waals surface area contributed by atoms with Gasteiger partial charge in [0.1, 0.15) is 11.6 Å². The predicted octanol–water partition coefficient (Wildman–Crippen LogP) is 2.39. The van der Waals surface area contributed by atoms with Crippen molar-refractivity contribution < 1.29 is 4.92 Å². The first-order valence-corrected chi connectivity index (χ1v) is 6.91. The molecule has 0 fully saturated rings. The van der Waals surface area contributed by atoms with E-state index >= 15 is 0 Å². The lowest BCUT2D eigenvalue weighted by atomic mass is 10.2. The van der Waals surface area contributed by atoms with E-state index in [9.17, 15) is 10.1 Å². The van der Waals surface area contributed by atoms with Crippen molar-refractivity contribution in [3.63, 3.8) is 0 Å². The van der Waals surface area contributed by atoms with E-state index in [-0.39, 0.29) is 17.1 Å². The minimum absolute atomic E-state index is 0.0158. The summed E-state index contributed by atoms with van der Waals surface area (Å²) in [5.74, 6) is 0.145. The van der Waals surface area contributed by atoms with Crippen LogP contribution in [0.25, 0.3) is 0 Å². The van der Waals surface area contributed by atoms with Gasteiger partial charge in [-0.2, -0.15) is 5.26 Å². The van der Waals surface area contributed by atoms with E-state index in [4.69, 9.17) is 5.26 Å². The molecule has 0 bridgehead atoms. The van der Waals surface area contributed by atoms with Crippen LogP contribution in [0.5, 0.6) is 0 Å². The quantitative estimate of drug-likeness (QED) is 0.612. The second-order valence-electron chi connectivity index (χ2n) is 5.28. The third-order valence-corrected chi connectivity index (χ3v) is 3.22. The van der Waals surface area contributed by atoms with E-state index in [0.29, 0.717) is 18.6 Å². The maximum atomic E-state index is 11.1. The van der Waals surface area contributed by atoms with Crippen molar-refractivity contribution in [3.05, 3.63) is 27.9 Å². The van der Waals surface area contributed by atoms with Crippen molar-refractivity contribution in [2.45, 2.75) is 39.8 Å². The van der Waals surface area contributed by atoms with Crippen LogP contribution < -0.4 is 5.32 Å². The Labute approximate surface area is 124 Å². The van der Waals surface area contributed by atoms with Gasteiger partial charge in [0.25, 0.3) is 0 Å². The van der Waals surface area contributed by atoms with E-state index in [1.54, 1.807) is 0 Å². The average molecular weight is 291 g/mol. The summed E-state index contributed by atoms with van der Waals surface area (Å²) in [6.07, 6.45) is 1.40. The van der Waals surface area contributed by atoms with E-state index in [1.807, 2.05) is 6.07 Å². The number of hydrogen-bond donors (Lipinski definition) is 1. The number of hydrogen-bond acceptors (Lipinski definition) is 6. The van der Waals surface area contributed by atoms with Crippen LogP contribution >= 0.6 is 0 Å². The number of nitrogens with one attached hydrogen (secondary N) is 1. The summed E-state index contributed by atoms with van der Waals surface area (Å²) in [5.41, 5.74) is -0.247. The number of nitriles is 1. The van der Waals surface area contributed by atoms with Gasteiger partial charge in [0.05, 0.1) is 4.92 Å². The van der Waals surface area contributed by atoms with Crippen molar-refractivity contribution in [1.29, 1.82) is 5.26 Å². The molecule has 0 aromatic carbocycles. The van der Waals surface area contributed by atoms with Crippen molar-refractivity contribution >= 4 is 11.5 Å². The van der Waals surface area contributed by atoms with Crippen LogP contribution in [0.1, 0.15) is 33.3 Å². The standard InChI is InChI=1S/C14H21N5O2/c1-10(2)18(11(3)4)8-7-17-14-13(19(20)21)12(9-15)5-6-16-14/h5-6,10-11H,7-8H2,1-4H3,(H,16,17). The summed E-state index contributed by atoms with van der Waals surface area (Å²) < 4.78 is 0. The molecule has 0 unspecified atom stereocenters. The van der Waals surface area contributed by atoms with Gasteiger partial charge in [-0.3, -0.25) is 15.0 Å². The molecule has 0 saturated heterocycles. The first-order chi connectivity index (χ1) is 9.88. The monoisotopic (exact) mass is 291 g/mol. The molecule has 0 atom stereocenters. The molecule has 0 radical (unpaired) electrons. The first-order valence-electron chi connectivity index (χ1n) is 6.91. The third-order valence-electron chi connectivity index (χ3n) is 3.22. The Balaban J connectivity index is 2.81.